The Morgan fingerprint density at radius 2 is 2.11 bits per heavy atom. The van der Waals surface area contributed by atoms with Gasteiger partial charge in [0, 0.05) is 13.1 Å². The van der Waals surface area contributed by atoms with Gasteiger partial charge in [0.05, 0.1) is 5.02 Å². The monoisotopic (exact) mass is 286 g/mol. The fraction of sp³-hybridized carbons (Fsp3) is 0.538. The smallest absolute Gasteiger partial charge is 0.274 e. The maximum Gasteiger partial charge on any atom is 0.274 e. The Morgan fingerprint density at radius 3 is 2.89 bits per heavy atom. The van der Waals surface area contributed by atoms with Gasteiger partial charge in [-0.1, -0.05) is 30.1 Å². The van der Waals surface area contributed by atoms with Crippen LogP contribution in [0.2, 0.25) is 10.2 Å². The molecule has 1 aliphatic rings. The van der Waals surface area contributed by atoms with Gasteiger partial charge in [-0.05, 0) is 37.3 Å². The van der Waals surface area contributed by atoms with Crippen molar-refractivity contribution >= 4 is 29.1 Å². The summed E-state index contributed by atoms with van der Waals surface area (Å²) < 4.78 is 0. The van der Waals surface area contributed by atoms with Gasteiger partial charge in [0.15, 0.2) is 0 Å². The lowest BCUT2D eigenvalue weighted by Gasteiger charge is -2.20. The second-order valence-electron chi connectivity index (χ2n) is 4.79. The normalized spacial score (nSPS) is 20.6. The largest absolute Gasteiger partial charge is 0.337 e. The van der Waals surface area contributed by atoms with Crippen molar-refractivity contribution in [2.75, 3.05) is 13.1 Å². The standard InChI is InChI=1S/C13H16Cl2N2O/c1-9-3-2-7-17(8-6-9)13(18)12-10(14)4-5-11(15)16-12/h4-5,9H,2-3,6-8H2,1H3. The minimum absolute atomic E-state index is 0.114. The van der Waals surface area contributed by atoms with Crippen molar-refractivity contribution < 1.29 is 4.79 Å². The summed E-state index contributed by atoms with van der Waals surface area (Å²) in [5, 5.41) is 0.660. The molecular formula is C13H16Cl2N2O. The fourth-order valence-electron chi connectivity index (χ4n) is 2.18. The molecule has 0 aliphatic carbocycles. The van der Waals surface area contributed by atoms with Crippen LogP contribution < -0.4 is 0 Å². The molecule has 0 spiro atoms. The predicted molar refractivity (Wildman–Crippen MR) is 73.2 cm³/mol. The first kappa shape index (κ1) is 13.6. The van der Waals surface area contributed by atoms with Crippen LogP contribution >= 0.6 is 23.2 Å². The first-order valence-corrected chi connectivity index (χ1v) is 6.95. The molecule has 18 heavy (non-hydrogen) atoms. The van der Waals surface area contributed by atoms with Gasteiger partial charge >= 0.3 is 0 Å². The number of carbonyl (C=O) groups excluding carboxylic acids is 1. The summed E-state index contributed by atoms with van der Waals surface area (Å²) >= 11 is 11.8. The number of likely N-dealkylation sites (tertiary alicyclic amines) is 1. The lowest BCUT2D eigenvalue weighted by atomic mass is 10.0. The molecule has 98 valence electrons. The average Bonchev–Trinajstić information content (AvgIpc) is 2.56. The third-order valence-corrected chi connectivity index (χ3v) is 3.83. The van der Waals surface area contributed by atoms with Gasteiger partial charge in [-0.15, -0.1) is 0 Å². The van der Waals surface area contributed by atoms with E-state index in [4.69, 9.17) is 23.2 Å². The van der Waals surface area contributed by atoms with Crippen LogP contribution in [0.5, 0.6) is 0 Å². The lowest BCUT2D eigenvalue weighted by molar-refractivity contribution is 0.0754. The van der Waals surface area contributed by atoms with E-state index in [1.165, 1.54) is 6.42 Å². The minimum atomic E-state index is -0.114. The molecule has 1 amide bonds. The summed E-state index contributed by atoms with van der Waals surface area (Å²) in [5.41, 5.74) is 0.263. The maximum atomic E-state index is 12.4. The van der Waals surface area contributed by atoms with Gasteiger partial charge < -0.3 is 4.90 Å². The zero-order valence-corrected chi connectivity index (χ0v) is 11.8. The van der Waals surface area contributed by atoms with Crippen molar-refractivity contribution in [2.45, 2.75) is 26.2 Å². The summed E-state index contributed by atoms with van der Waals surface area (Å²) in [7, 11) is 0. The number of amides is 1. The number of nitrogens with zero attached hydrogens (tertiary/aromatic N) is 2. The van der Waals surface area contributed by atoms with E-state index < -0.39 is 0 Å². The van der Waals surface area contributed by atoms with E-state index >= 15 is 0 Å². The molecule has 2 rings (SSSR count). The number of hydrogen-bond donors (Lipinski definition) is 0. The third kappa shape index (κ3) is 3.15. The quantitative estimate of drug-likeness (QED) is 0.739. The summed E-state index contributed by atoms with van der Waals surface area (Å²) in [5.74, 6) is 0.558. The van der Waals surface area contributed by atoms with Gasteiger partial charge in [-0.2, -0.15) is 0 Å². The molecule has 0 aromatic carbocycles. The molecular weight excluding hydrogens is 271 g/mol. The van der Waals surface area contributed by atoms with Crippen molar-refractivity contribution in [3.05, 3.63) is 28.0 Å². The Morgan fingerprint density at radius 1 is 1.33 bits per heavy atom. The molecule has 0 radical (unpaired) electrons. The molecule has 1 aromatic heterocycles. The molecule has 1 atom stereocenters. The molecule has 3 nitrogen and oxygen atoms in total. The zero-order chi connectivity index (χ0) is 13.1. The van der Waals surface area contributed by atoms with E-state index in [9.17, 15) is 4.79 Å². The summed E-state index contributed by atoms with van der Waals surface area (Å²) in [4.78, 5) is 18.2. The number of pyridine rings is 1. The fourth-order valence-corrected chi connectivity index (χ4v) is 2.52. The second-order valence-corrected chi connectivity index (χ2v) is 5.59. The highest BCUT2D eigenvalue weighted by molar-refractivity contribution is 6.34. The third-order valence-electron chi connectivity index (χ3n) is 3.32. The first-order valence-electron chi connectivity index (χ1n) is 6.19. The van der Waals surface area contributed by atoms with Crippen LogP contribution in [-0.4, -0.2) is 28.9 Å². The van der Waals surface area contributed by atoms with Crippen molar-refractivity contribution in [2.24, 2.45) is 5.92 Å². The summed E-state index contributed by atoms with van der Waals surface area (Å²) in [6, 6.07) is 3.20. The van der Waals surface area contributed by atoms with E-state index in [1.807, 2.05) is 4.90 Å². The number of halogens is 2. The van der Waals surface area contributed by atoms with Crippen molar-refractivity contribution in [1.29, 1.82) is 0 Å². The van der Waals surface area contributed by atoms with Crippen molar-refractivity contribution in [3.63, 3.8) is 0 Å². The van der Waals surface area contributed by atoms with E-state index in [1.54, 1.807) is 12.1 Å². The van der Waals surface area contributed by atoms with Crippen LogP contribution in [-0.2, 0) is 0 Å². The molecule has 1 aliphatic heterocycles. The molecule has 1 fully saturated rings. The molecule has 1 saturated heterocycles. The Balaban J connectivity index is 2.17. The van der Waals surface area contributed by atoms with Crippen LogP contribution in [0, 0.1) is 5.92 Å². The Bertz CT molecular complexity index is 451. The number of carbonyl (C=O) groups is 1. The summed E-state index contributed by atoms with van der Waals surface area (Å²) in [6.07, 6.45) is 3.23. The molecule has 1 unspecified atom stereocenters. The Labute approximate surface area is 117 Å². The minimum Gasteiger partial charge on any atom is -0.337 e. The van der Waals surface area contributed by atoms with Crippen molar-refractivity contribution in [3.8, 4) is 0 Å². The summed E-state index contributed by atoms with van der Waals surface area (Å²) in [6.45, 7) is 3.76. The maximum absolute atomic E-state index is 12.4. The van der Waals surface area contributed by atoms with E-state index in [0.29, 0.717) is 16.1 Å². The molecule has 1 aromatic rings. The zero-order valence-electron chi connectivity index (χ0n) is 10.3. The topological polar surface area (TPSA) is 33.2 Å². The van der Waals surface area contributed by atoms with Gasteiger partial charge in [-0.25, -0.2) is 4.98 Å². The van der Waals surface area contributed by atoms with Crippen LogP contribution in [0.25, 0.3) is 0 Å². The molecule has 2 heterocycles. The van der Waals surface area contributed by atoms with Gasteiger partial charge in [0.25, 0.3) is 5.91 Å². The van der Waals surface area contributed by atoms with E-state index in [0.717, 1.165) is 25.9 Å². The highest BCUT2D eigenvalue weighted by atomic mass is 35.5. The van der Waals surface area contributed by atoms with Gasteiger partial charge in [-0.3, -0.25) is 4.79 Å². The van der Waals surface area contributed by atoms with Crippen LogP contribution in [0.1, 0.15) is 36.7 Å². The molecule has 0 N–H and O–H groups in total. The van der Waals surface area contributed by atoms with Crippen LogP contribution in [0.15, 0.2) is 12.1 Å². The lowest BCUT2D eigenvalue weighted by Crippen LogP contribution is -2.32. The van der Waals surface area contributed by atoms with Crippen molar-refractivity contribution in [1.82, 2.24) is 9.88 Å². The SMILES string of the molecule is CC1CCCN(C(=O)c2nc(Cl)ccc2Cl)CC1. The van der Waals surface area contributed by atoms with Crippen LogP contribution in [0.3, 0.4) is 0 Å². The van der Waals surface area contributed by atoms with Gasteiger partial charge in [0.1, 0.15) is 10.8 Å². The van der Waals surface area contributed by atoms with Gasteiger partial charge in [0.2, 0.25) is 0 Å². The average molecular weight is 287 g/mol. The predicted octanol–water partition coefficient (Wildman–Crippen LogP) is 3.65. The first-order chi connectivity index (χ1) is 8.58. The van der Waals surface area contributed by atoms with Crippen LogP contribution in [0.4, 0.5) is 0 Å². The number of rotatable bonds is 1. The Hall–Kier alpha value is -0.800. The van der Waals surface area contributed by atoms with E-state index in [2.05, 4.69) is 11.9 Å². The molecule has 0 bridgehead atoms. The second kappa shape index (κ2) is 5.89. The van der Waals surface area contributed by atoms with E-state index in [-0.39, 0.29) is 11.6 Å². The number of aromatic nitrogens is 1. The number of hydrogen-bond acceptors (Lipinski definition) is 2. The Kier molecular flexibility index (Phi) is 4.46. The molecule has 5 heteroatoms. The highest BCUT2D eigenvalue weighted by Gasteiger charge is 2.22. The molecule has 0 saturated carbocycles. The highest BCUT2D eigenvalue weighted by Crippen LogP contribution is 2.22.